The molecule has 1 aromatic rings. The molecule has 1 aliphatic heterocycles. The van der Waals surface area contributed by atoms with Crippen molar-refractivity contribution in [1.29, 1.82) is 0 Å². The molecule has 4 nitrogen and oxygen atoms in total. The highest BCUT2D eigenvalue weighted by Gasteiger charge is 2.34. The molecular weight excluding hydrogens is 234 g/mol. The Morgan fingerprint density at radius 3 is 2.88 bits per heavy atom. The number of anilines is 1. The summed E-state index contributed by atoms with van der Waals surface area (Å²) >= 11 is 1.68. The minimum atomic E-state index is -0.361. The molecule has 1 aromatic carbocycles. The summed E-state index contributed by atoms with van der Waals surface area (Å²) in [5.74, 6) is -0.361. The molecule has 0 aromatic heterocycles. The minimum absolute atomic E-state index is 0.361. The molecule has 3 rings (SSSR count). The van der Waals surface area contributed by atoms with E-state index in [0.29, 0.717) is 11.6 Å². The van der Waals surface area contributed by atoms with E-state index in [1.54, 1.807) is 11.9 Å². The average molecular weight is 249 g/mol. The maximum Gasteiger partial charge on any atom is 0.248 e. The Morgan fingerprint density at radius 2 is 2.24 bits per heavy atom. The number of carbonyl (C=O) groups excluding carboxylic acids is 1. The maximum atomic E-state index is 11.2. The van der Waals surface area contributed by atoms with Crippen molar-refractivity contribution in [2.75, 3.05) is 18.6 Å². The van der Waals surface area contributed by atoms with E-state index < -0.39 is 0 Å². The highest BCUT2D eigenvalue weighted by Crippen LogP contribution is 2.42. The summed E-state index contributed by atoms with van der Waals surface area (Å²) in [4.78, 5) is 14.7. The first kappa shape index (κ1) is 10.9. The summed E-state index contributed by atoms with van der Waals surface area (Å²) in [6.45, 7) is 0.943. The lowest BCUT2D eigenvalue weighted by molar-refractivity contribution is 0.1000. The van der Waals surface area contributed by atoms with Gasteiger partial charge in [0.25, 0.3) is 0 Å². The Labute approximate surface area is 105 Å². The van der Waals surface area contributed by atoms with Crippen LogP contribution in [-0.4, -0.2) is 30.0 Å². The lowest BCUT2D eigenvalue weighted by Gasteiger charge is -2.36. The van der Waals surface area contributed by atoms with Crippen LogP contribution < -0.4 is 10.6 Å². The molecule has 1 amide bonds. The molecule has 5 heteroatoms. The van der Waals surface area contributed by atoms with Crippen LogP contribution in [0.5, 0.6) is 0 Å². The van der Waals surface area contributed by atoms with E-state index in [0.717, 1.165) is 11.6 Å². The number of fused-ring (bicyclic) bond motifs is 1. The summed E-state index contributed by atoms with van der Waals surface area (Å²) in [5, 5.41) is 0. The second kappa shape index (κ2) is 3.92. The van der Waals surface area contributed by atoms with Crippen LogP contribution in [0, 0.1) is 0 Å². The summed E-state index contributed by atoms with van der Waals surface area (Å²) in [6, 6.07) is 6.42. The lowest BCUT2D eigenvalue weighted by atomic mass is 10.2. The third-order valence-corrected chi connectivity index (χ3v) is 4.10. The summed E-state index contributed by atoms with van der Waals surface area (Å²) in [5.41, 5.74) is 7.14. The van der Waals surface area contributed by atoms with Crippen molar-refractivity contribution in [3.63, 3.8) is 0 Å². The predicted molar refractivity (Wildman–Crippen MR) is 68.9 cm³/mol. The SMILES string of the molecule is CN1CN(C2CC2)c2ccc(C(N)=O)cc2S1. The Bertz CT molecular complexity index is 473. The van der Waals surface area contributed by atoms with Crippen LogP contribution in [0.1, 0.15) is 23.2 Å². The maximum absolute atomic E-state index is 11.2. The van der Waals surface area contributed by atoms with Gasteiger partial charge in [-0.25, -0.2) is 4.31 Å². The Morgan fingerprint density at radius 1 is 1.47 bits per heavy atom. The minimum Gasteiger partial charge on any atom is -0.366 e. The molecule has 1 fully saturated rings. The molecule has 1 aliphatic carbocycles. The third kappa shape index (κ3) is 2.00. The number of nitrogens with zero attached hydrogens (tertiary/aromatic N) is 2. The van der Waals surface area contributed by atoms with Crippen LogP contribution in [-0.2, 0) is 0 Å². The average Bonchev–Trinajstić information content (AvgIpc) is 3.10. The molecule has 2 aliphatic rings. The van der Waals surface area contributed by atoms with Gasteiger partial charge in [-0.15, -0.1) is 0 Å². The van der Waals surface area contributed by atoms with Gasteiger partial charge in [0.05, 0.1) is 12.4 Å². The topological polar surface area (TPSA) is 49.6 Å². The van der Waals surface area contributed by atoms with Crippen molar-refractivity contribution in [2.45, 2.75) is 23.8 Å². The second-order valence-corrected chi connectivity index (χ2v) is 5.85. The van der Waals surface area contributed by atoms with Crippen molar-refractivity contribution >= 4 is 23.5 Å². The normalized spacial score (nSPS) is 20.2. The second-order valence-electron chi connectivity index (χ2n) is 4.61. The zero-order valence-corrected chi connectivity index (χ0v) is 10.5. The first-order valence-corrected chi connectivity index (χ1v) is 6.52. The Balaban J connectivity index is 2.00. The number of hydrogen-bond donors (Lipinski definition) is 1. The van der Waals surface area contributed by atoms with Gasteiger partial charge in [0.15, 0.2) is 0 Å². The van der Waals surface area contributed by atoms with Gasteiger partial charge < -0.3 is 10.6 Å². The monoisotopic (exact) mass is 249 g/mol. The number of nitrogens with two attached hydrogens (primary N) is 1. The van der Waals surface area contributed by atoms with Crippen LogP contribution in [0.25, 0.3) is 0 Å². The van der Waals surface area contributed by atoms with Crippen molar-refractivity contribution < 1.29 is 4.79 Å². The van der Waals surface area contributed by atoms with Crippen molar-refractivity contribution in [3.05, 3.63) is 23.8 Å². The van der Waals surface area contributed by atoms with E-state index in [2.05, 4.69) is 16.3 Å². The zero-order chi connectivity index (χ0) is 12.0. The Hall–Kier alpha value is -1.20. The Kier molecular flexibility index (Phi) is 2.52. The van der Waals surface area contributed by atoms with Crippen molar-refractivity contribution in [1.82, 2.24) is 4.31 Å². The van der Waals surface area contributed by atoms with E-state index in [1.807, 2.05) is 18.2 Å². The zero-order valence-electron chi connectivity index (χ0n) is 9.72. The van der Waals surface area contributed by atoms with E-state index in [1.165, 1.54) is 18.5 Å². The molecule has 17 heavy (non-hydrogen) atoms. The van der Waals surface area contributed by atoms with E-state index >= 15 is 0 Å². The van der Waals surface area contributed by atoms with Gasteiger partial charge in [-0.2, -0.15) is 0 Å². The quantitative estimate of drug-likeness (QED) is 0.810. The number of benzene rings is 1. The van der Waals surface area contributed by atoms with Gasteiger partial charge in [-0.3, -0.25) is 4.79 Å². The summed E-state index contributed by atoms with van der Waals surface area (Å²) in [7, 11) is 2.07. The van der Waals surface area contributed by atoms with Gasteiger partial charge in [-0.05, 0) is 50.0 Å². The summed E-state index contributed by atoms with van der Waals surface area (Å²) < 4.78 is 2.19. The molecule has 0 spiro atoms. The molecule has 0 radical (unpaired) electrons. The molecule has 90 valence electrons. The molecule has 0 atom stereocenters. The van der Waals surface area contributed by atoms with Crippen LogP contribution in [0.2, 0.25) is 0 Å². The highest BCUT2D eigenvalue weighted by molar-refractivity contribution is 7.97. The van der Waals surface area contributed by atoms with E-state index in [9.17, 15) is 4.79 Å². The molecule has 1 saturated carbocycles. The van der Waals surface area contributed by atoms with E-state index in [-0.39, 0.29) is 5.91 Å². The van der Waals surface area contributed by atoms with Crippen molar-refractivity contribution in [3.8, 4) is 0 Å². The number of amides is 1. The largest absolute Gasteiger partial charge is 0.366 e. The fourth-order valence-corrected chi connectivity index (χ4v) is 3.14. The first-order valence-electron chi connectivity index (χ1n) is 5.75. The first-order chi connectivity index (χ1) is 8.15. The molecule has 2 N–H and O–H groups in total. The molecular formula is C12H15N3OS. The fourth-order valence-electron chi connectivity index (χ4n) is 2.16. The number of hydrogen-bond acceptors (Lipinski definition) is 4. The highest BCUT2D eigenvalue weighted by atomic mass is 32.2. The predicted octanol–water partition coefficient (Wildman–Crippen LogP) is 1.66. The van der Waals surface area contributed by atoms with Gasteiger partial charge in [0.2, 0.25) is 5.91 Å². The van der Waals surface area contributed by atoms with Crippen LogP contribution >= 0.6 is 11.9 Å². The number of primary amides is 1. The smallest absolute Gasteiger partial charge is 0.248 e. The van der Waals surface area contributed by atoms with Crippen LogP contribution in [0.3, 0.4) is 0 Å². The van der Waals surface area contributed by atoms with Crippen LogP contribution in [0.15, 0.2) is 23.1 Å². The molecule has 0 unspecified atom stereocenters. The standard InChI is InChI=1S/C12H15N3OS/c1-14-7-15(9-3-4-9)10-5-2-8(12(13)16)6-11(10)17-14/h2,5-6,9H,3-4,7H2,1H3,(H2,13,16). The van der Waals surface area contributed by atoms with Gasteiger partial charge in [0.1, 0.15) is 0 Å². The van der Waals surface area contributed by atoms with Gasteiger partial charge in [-0.1, -0.05) is 0 Å². The van der Waals surface area contributed by atoms with Gasteiger partial charge >= 0.3 is 0 Å². The molecule has 1 heterocycles. The van der Waals surface area contributed by atoms with E-state index in [4.69, 9.17) is 5.73 Å². The third-order valence-electron chi connectivity index (χ3n) is 3.15. The molecule has 0 bridgehead atoms. The molecule has 0 saturated heterocycles. The number of carbonyl (C=O) groups is 1. The summed E-state index contributed by atoms with van der Waals surface area (Å²) in [6.07, 6.45) is 2.55. The van der Waals surface area contributed by atoms with Crippen LogP contribution in [0.4, 0.5) is 5.69 Å². The van der Waals surface area contributed by atoms with Gasteiger partial charge in [0, 0.05) is 16.5 Å². The lowest BCUT2D eigenvalue weighted by Crippen LogP contribution is -2.37. The number of rotatable bonds is 2. The van der Waals surface area contributed by atoms with Crippen molar-refractivity contribution in [2.24, 2.45) is 5.73 Å². The fraction of sp³-hybridized carbons (Fsp3) is 0.417.